The highest BCUT2D eigenvalue weighted by Crippen LogP contribution is 2.55. The van der Waals surface area contributed by atoms with Gasteiger partial charge in [0.15, 0.2) is 5.78 Å². The summed E-state index contributed by atoms with van der Waals surface area (Å²) in [5.74, 6) is 0.144. The zero-order valence-corrected chi connectivity index (χ0v) is 10.1. The maximum Gasteiger partial charge on any atom is 0.193 e. The molecule has 0 aromatic heterocycles. The van der Waals surface area contributed by atoms with E-state index in [2.05, 4.69) is 6.92 Å². The van der Waals surface area contributed by atoms with Crippen LogP contribution >= 0.6 is 0 Å². The average Bonchev–Trinajstić information content (AvgIpc) is 3.04. The molecule has 17 heavy (non-hydrogen) atoms. The van der Waals surface area contributed by atoms with E-state index in [9.17, 15) is 4.79 Å². The molecule has 4 aliphatic rings. The third kappa shape index (κ3) is 1.26. The Morgan fingerprint density at radius 2 is 2.24 bits per heavy atom. The minimum atomic E-state index is -0.290. The summed E-state index contributed by atoms with van der Waals surface area (Å²) in [7, 11) is 0. The molecule has 0 amide bonds. The molecule has 4 heteroatoms. The van der Waals surface area contributed by atoms with Gasteiger partial charge in [0.2, 0.25) is 0 Å². The van der Waals surface area contributed by atoms with Crippen LogP contribution < -0.4 is 0 Å². The van der Waals surface area contributed by atoms with Gasteiger partial charge >= 0.3 is 0 Å². The van der Waals surface area contributed by atoms with Crippen molar-refractivity contribution in [2.24, 2.45) is 0 Å². The Labute approximate surface area is 101 Å². The van der Waals surface area contributed by atoms with Crippen molar-refractivity contribution >= 4 is 5.78 Å². The molecule has 0 radical (unpaired) electrons. The first-order valence-corrected chi connectivity index (χ1v) is 6.77. The van der Waals surface area contributed by atoms with Crippen LogP contribution in [0, 0.1) is 0 Å². The third-order valence-corrected chi connectivity index (χ3v) is 4.70. The fraction of sp³-hybridized carbons (Fsp3) is 0.923. The van der Waals surface area contributed by atoms with E-state index in [4.69, 9.17) is 14.2 Å². The highest BCUT2D eigenvalue weighted by atomic mass is 16.7. The molecule has 4 nitrogen and oxygen atoms in total. The first kappa shape index (κ1) is 10.5. The fourth-order valence-corrected chi connectivity index (χ4v) is 3.87. The van der Waals surface area contributed by atoms with Gasteiger partial charge in [0, 0.05) is 6.42 Å². The number of hydrogen-bond donors (Lipinski definition) is 0. The van der Waals surface area contributed by atoms with Crippen LogP contribution in [0.25, 0.3) is 0 Å². The van der Waals surface area contributed by atoms with Crippen LogP contribution in [-0.2, 0) is 19.0 Å². The lowest BCUT2D eigenvalue weighted by Crippen LogP contribution is -2.54. The maximum atomic E-state index is 11.9. The summed E-state index contributed by atoms with van der Waals surface area (Å²) in [5.41, 5.74) is -0.290. The maximum absolute atomic E-state index is 11.9. The number of epoxide rings is 1. The molecule has 3 saturated heterocycles. The highest BCUT2D eigenvalue weighted by molar-refractivity contribution is 5.92. The second kappa shape index (κ2) is 3.31. The Bertz CT molecular complexity index is 368. The molecule has 6 atom stereocenters. The molecule has 1 spiro atoms. The van der Waals surface area contributed by atoms with Crippen LogP contribution in [0.3, 0.4) is 0 Å². The Hall–Kier alpha value is -0.450. The van der Waals surface area contributed by atoms with Crippen molar-refractivity contribution in [3.63, 3.8) is 0 Å². The Balaban J connectivity index is 1.63. The van der Waals surface area contributed by atoms with Crippen molar-refractivity contribution < 1.29 is 19.0 Å². The second-order valence-electron chi connectivity index (χ2n) is 5.76. The zero-order valence-electron chi connectivity index (χ0n) is 10.1. The largest absolute Gasteiger partial charge is 0.366 e. The van der Waals surface area contributed by atoms with Crippen LogP contribution in [0.5, 0.6) is 0 Å². The third-order valence-electron chi connectivity index (χ3n) is 4.70. The number of ketones is 1. The van der Waals surface area contributed by atoms with Gasteiger partial charge in [0.25, 0.3) is 0 Å². The number of rotatable bonds is 2. The molecule has 94 valence electrons. The number of carbonyl (C=O) groups excluding carboxylic acids is 1. The summed E-state index contributed by atoms with van der Waals surface area (Å²) in [6.45, 7) is 2.18. The summed E-state index contributed by atoms with van der Waals surface area (Å²) < 4.78 is 17.7. The van der Waals surface area contributed by atoms with Crippen molar-refractivity contribution in [2.75, 3.05) is 0 Å². The molecule has 4 fully saturated rings. The molecule has 1 unspecified atom stereocenters. The van der Waals surface area contributed by atoms with Gasteiger partial charge in [0.1, 0.15) is 23.9 Å². The van der Waals surface area contributed by atoms with Crippen LogP contribution in [-0.4, -0.2) is 41.9 Å². The van der Waals surface area contributed by atoms with Gasteiger partial charge in [-0.15, -0.1) is 0 Å². The van der Waals surface area contributed by atoms with Gasteiger partial charge in [-0.05, 0) is 19.3 Å². The average molecular weight is 238 g/mol. The van der Waals surface area contributed by atoms with Gasteiger partial charge < -0.3 is 14.2 Å². The van der Waals surface area contributed by atoms with Crippen LogP contribution in [0.15, 0.2) is 0 Å². The monoisotopic (exact) mass is 238 g/mol. The summed E-state index contributed by atoms with van der Waals surface area (Å²) in [6.07, 6.45) is 4.95. The zero-order chi connectivity index (χ0) is 11.6. The van der Waals surface area contributed by atoms with Gasteiger partial charge in [0.05, 0.1) is 12.2 Å². The normalized spacial score (nSPS) is 55.4. The Kier molecular flexibility index (Phi) is 2.04. The minimum Gasteiger partial charge on any atom is -0.366 e. The molecule has 3 heterocycles. The van der Waals surface area contributed by atoms with Gasteiger partial charge in [-0.2, -0.15) is 0 Å². The standard InChI is InChI=1S/C13H18O4/c1-2-3-7-4-5-9-13(17-7)6-8(15-9)10(14)11-12(13)16-11/h7-9,11-12H,2-6H2,1H3/t7?,8-,9+,11+,12+,13+/m1/s1. The molecule has 0 aromatic carbocycles. The lowest BCUT2D eigenvalue weighted by molar-refractivity contribution is -0.175. The Morgan fingerprint density at radius 1 is 1.35 bits per heavy atom. The van der Waals surface area contributed by atoms with Crippen molar-refractivity contribution in [1.29, 1.82) is 0 Å². The Morgan fingerprint density at radius 3 is 3.06 bits per heavy atom. The van der Waals surface area contributed by atoms with Crippen molar-refractivity contribution in [3.8, 4) is 0 Å². The van der Waals surface area contributed by atoms with E-state index in [0.717, 1.165) is 32.1 Å². The van der Waals surface area contributed by atoms with Gasteiger partial charge in [-0.1, -0.05) is 13.3 Å². The van der Waals surface area contributed by atoms with Gasteiger partial charge in [-0.25, -0.2) is 0 Å². The summed E-state index contributed by atoms with van der Waals surface area (Å²) in [4.78, 5) is 11.9. The van der Waals surface area contributed by atoms with E-state index >= 15 is 0 Å². The number of fused-ring (bicyclic) bond motifs is 2. The molecular weight excluding hydrogens is 220 g/mol. The molecule has 2 bridgehead atoms. The second-order valence-corrected chi connectivity index (χ2v) is 5.76. The SMILES string of the molecule is CCCC1CC[C@@H]2O[C@@H]3C[C@@]2(O1)[C@H]1O[C@H]1C3=O. The fourth-order valence-electron chi connectivity index (χ4n) is 3.87. The van der Waals surface area contributed by atoms with Crippen LogP contribution in [0.4, 0.5) is 0 Å². The van der Waals surface area contributed by atoms with E-state index < -0.39 is 0 Å². The number of carbonyl (C=O) groups is 1. The molecule has 1 aliphatic carbocycles. The molecule has 4 rings (SSSR count). The quantitative estimate of drug-likeness (QED) is 0.678. The molecule has 3 aliphatic heterocycles. The number of ether oxygens (including phenoxy) is 3. The molecule has 0 aromatic rings. The lowest BCUT2D eigenvalue weighted by Gasteiger charge is -2.41. The van der Waals surface area contributed by atoms with E-state index in [-0.39, 0.29) is 35.8 Å². The lowest BCUT2D eigenvalue weighted by atomic mass is 9.78. The van der Waals surface area contributed by atoms with Crippen LogP contribution in [0.2, 0.25) is 0 Å². The van der Waals surface area contributed by atoms with E-state index in [0.29, 0.717) is 6.10 Å². The summed E-state index contributed by atoms with van der Waals surface area (Å²) in [6, 6.07) is 0. The minimum absolute atomic E-state index is 0.0154. The predicted octanol–water partition coefficient (Wildman–Crippen LogP) is 1.21. The number of hydrogen-bond acceptors (Lipinski definition) is 4. The topological polar surface area (TPSA) is 48.1 Å². The van der Waals surface area contributed by atoms with E-state index in [1.54, 1.807) is 0 Å². The van der Waals surface area contributed by atoms with Crippen molar-refractivity contribution in [2.45, 2.75) is 75.1 Å². The summed E-state index contributed by atoms with van der Waals surface area (Å²) in [5, 5.41) is 0. The molecule has 1 saturated carbocycles. The summed E-state index contributed by atoms with van der Waals surface area (Å²) >= 11 is 0. The predicted molar refractivity (Wildman–Crippen MR) is 58.7 cm³/mol. The van der Waals surface area contributed by atoms with Gasteiger partial charge in [-0.3, -0.25) is 4.79 Å². The molecular formula is C13H18O4. The van der Waals surface area contributed by atoms with E-state index in [1.807, 2.05) is 0 Å². The van der Waals surface area contributed by atoms with Crippen molar-refractivity contribution in [3.05, 3.63) is 0 Å². The van der Waals surface area contributed by atoms with E-state index in [1.165, 1.54) is 0 Å². The molecule has 0 N–H and O–H groups in total. The highest BCUT2D eigenvalue weighted by Gasteiger charge is 2.73. The number of Topliss-reactive ketones (excluding diaryl/α,β-unsaturated/α-hetero) is 1. The first-order valence-electron chi connectivity index (χ1n) is 6.77. The first-order chi connectivity index (χ1) is 8.24. The van der Waals surface area contributed by atoms with Crippen LogP contribution in [0.1, 0.15) is 39.0 Å². The smallest absolute Gasteiger partial charge is 0.193 e. The van der Waals surface area contributed by atoms with Crippen molar-refractivity contribution in [1.82, 2.24) is 0 Å².